The molecule has 2 unspecified atom stereocenters. The van der Waals surface area contributed by atoms with E-state index >= 15 is 0 Å². The molecule has 0 amide bonds. The zero-order chi connectivity index (χ0) is 48.5. The zero-order valence-electron chi connectivity index (χ0n) is 41.7. The Morgan fingerprint density at radius 2 is 0.400 bits per heavy atom. The van der Waals surface area contributed by atoms with Crippen molar-refractivity contribution in [3.05, 3.63) is 276 Å². The maximum Gasteiger partial charge on any atom is 0.0461 e. The van der Waals surface area contributed by atoms with Gasteiger partial charge in [-0.1, -0.05) is 146 Å². The Hall–Kier alpha value is -7.82. The minimum Gasteiger partial charge on any atom is -0.372 e. The quantitative estimate of drug-likeness (QED) is 0.0795. The van der Waals surface area contributed by atoms with Crippen LogP contribution in [0, 0.1) is 0 Å². The van der Waals surface area contributed by atoms with Crippen LogP contribution in [-0.2, 0) is 10.8 Å². The van der Waals surface area contributed by atoms with E-state index in [2.05, 4.69) is 304 Å². The van der Waals surface area contributed by atoms with E-state index in [1.807, 2.05) is 0 Å². The first-order chi connectivity index (χ1) is 34.3. The highest BCUT2D eigenvalue weighted by atomic mass is 15.1. The lowest BCUT2D eigenvalue weighted by Crippen LogP contribution is -2.28. The van der Waals surface area contributed by atoms with E-state index in [4.69, 9.17) is 0 Å². The molecule has 350 valence electrons. The van der Waals surface area contributed by atoms with Gasteiger partial charge in [-0.15, -0.1) is 0 Å². The van der Waals surface area contributed by atoms with Crippen LogP contribution in [0.5, 0.6) is 0 Å². The van der Waals surface area contributed by atoms with Gasteiger partial charge in [0.2, 0.25) is 0 Å². The van der Waals surface area contributed by atoms with Crippen molar-refractivity contribution in [2.75, 3.05) is 45.8 Å². The lowest BCUT2D eigenvalue weighted by atomic mass is 9.68. The van der Waals surface area contributed by atoms with E-state index in [-0.39, 0.29) is 0 Å². The molecule has 0 aliphatic rings. The molecular formula is C66H66N4. The van der Waals surface area contributed by atoms with Crippen molar-refractivity contribution in [1.29, 1.82) is 0 Å². The van der Waals surface area contributed by atoms with Crippen molar-refractivity contribution < 1.29 is 0 Å². The summed E-state index contributed by atoms with van der Waals surface area (Å²) in [6.07, 6.45) is 0. The molecule has 0 radical (unpaired) electrons. The van der Waals surface area contributed by atoms with Gasteiger partial charge in [0.05, 0.1) is 0 Å². The third-order valence-corrected chi connectivity index (χ3v) is 14.6. The van der Waals surface area contributed by atoms with Gasteiger partial charge in [0.1, 0.15) is 0 Å². The van der Waals surface area contributed by atoms with Gasteiger partial charge in [0.15, 0.2) is 0 Å². The van der Waals surface area contributed by atoms with Crippen LogP contribution in [0.3, 0.4) is 0 Å². The minimum absolute atomic E-state index is 0.467. The van der Waals surface area contributed by atoms with Gasteiger partial charge in [-0.05, 0) is 172 Å². The van der Waals surface area contributed by atoms with Crippen molar-refractivity contribution in [3.8, 4) is 0 Å². The first kappa shape index (κ1) is 47.3. The topological polar surface area (TPSA) is 13.0 Å². The third-order valence-electron chi connectivity index (χ3n) is 14.6. The van der Waals surface area contributed by atoms with Crippen molar-refractivity contribution in [3.63, 3.8) is 0 Å². The van der Waals surface area contributed by atoms with Crippen LogP contribution in [0.4, 0.5) is 45.5 Å². The summed E-state index contributed by atoms with van der Waals surface area (Å²) < 4.78 is 0. The monoisotopic (exact) mass is 915 g/mol. The molecule has 0 spiro atoms. The average molecular weight is 915 g/mol. The second-order valence-electron chi connectivity index (χ2n) is 18.4. The van der Waals surface area contributed by atoms with Gasteiger partial charge < -0.3 is 19.6 Å². The number of hydrogen-bond acceptors (Lipinski definition) is 4. The molecule has 4 nitrogen and oxygen atoms in total. The summed E-state index contributed by atoms with van der Waals surface area (Å²) >= 11 is 0. The van der Waals surface area contributed by atoms with Crippen LogP contribution < -0.4 is 19.6 Å². The summed E-state index contributed by atoms with van der Waals surface area (Å²) in [5, 5.41) is 0. The largest absolute Gasteiger partial charge is 0.372 e. The first-order valence-corrected chi connectivity index (χ1v) is 25.1. The van der Waals surface area contributed by atoms with Gasteiger partial charge in [-0.3, -0.25) is 0 Å². The number of hydrogen-bond donors (Lipinski definition) is 0. The van der Waals surface area contributed by atoms with E-state index in [0.717, 1.165) is 60.3 Å². The molecule has 9 aromatic carbocycles. The molecule has 70 heavy (non-hydrogen) atoms. The fourth-order valence-electron chi connectivity index (χ4n) is 10.4. The maximum atomic E-state index is 2.41. The summed E-state index contributed by atoms with van der Waals surface area (Å²) in [5.74, 6) is 0. The van der Waals surface area contributed by atoms with E-state index in [9.17, 15) is 0 Å². The van der Waals surface area contributed by atoms with Crippen molar-refractivity contribution in [2.24, 2.45) is 0 Å². The smallest absolute Gasteiger partial charge is 0.0461 e. The molecule has 0 bridgehead atoms. The highest BCUT2D eigenvalue weighted by molar-refractivity contribution is 5.78. The number of rotatable bonds is 18. The van der Waals surface area contributed by atoms with E-state index in [1.54, 1.807) is 0 Å². The number of benzene rings is 9. The van der Waals surface area contributed by atoms with Crippen LogP contribution >= 0.6 is 0 Å². The Bertz CT molecular complexity index is 2710. The second-order valence-corrected chi connectivity index (χ2v) is 18.4. The van der Waals surface area contributed by atoms with Crippen molar-refractivity contribution >= 4 is 45.5 Å². The molecule has 0 saturated heterocycles. The SMILES string of the molecule is CCN(CC)c1ccc(C(C)(c2ccc(N(c3ccccc3)c3ccccc3)cc2)c2ccc(C(C)(c3ccc(N(CC)CC)cc3)c3ccc(N(c4ccccc4)c4ccccc4)cc3)cc2)cc1. The molecule has 0 aliphatic carbocycles. The molecule has 9 aromatic rings. The molecule has 0 aromatic heterocycles. The average Bonchev–Trinajstić information content (AvgIpc) is 3.43. The Morgan fingerprint density at radius 3 is 0.600 bits per heavy atom. The molecule has 0 N–H and O–H groups in total. The normalized spacial score (nSPS) is 12.9. The Kier molecular flexibility index (Phi) is 14.3. The Morgan fingerprint density at radius 1 is 0.229 bits per heavy atom. The van der Waals surface area contributed by atoms with Gasteiger partial charge in [0.25, 0.3) is 0 Å². The van der Waals surface area contributed by atoms with Crippen LogP contribution in [0.2, 0.25) is 0 Å². The first-order valence-electron chi connectivity index (χ1n) is 25.1. The number of anilines is 8. The molecule has 2 atom stereocenters. The van der Waals surface area contributed by atoms with E-state index in [0.29, 0.717) is 0 Å². The van der Waals surface area contributed by atoms with Crippen LogP contribution in [0.1, 0.15) is 74.9 Å². The Labute approximate surface area is 417 Å². The number of nitrogens with zero attached hydrogens (tertiary/aromatic N) is 4. The standard InChI is InChI=1S/C66H66N4/c1-7-67(8-2)57-43-35-53(36-44-57)65(5,55-39-47-63(48-40-55)69(59-23-15-11-16-24-59)60-25-17-12-18-26-60)51-31-33-52(34-32-51)66(6,54-37-45-58(46-38-54)68(9-3)10-4)56-41-49-64(50-42-56)70(61-27-19-13-20-28-61)62-29-21-14-22-30-62/h11-50H,7-10H2,1-6H3. The molecular weight excluding hydrogens is 849 g/mol. The summed E-state index contributed by atoms with van der Waals surface area (Å²) in [4.78, 5) is 9.49. The Balaban J connectivity index is 1.15. The summed E-state index contributed by atoms with van der Waals surface area (Å²) in [7, 11) is 0. The van der Waals surface area contributed by atoms with Crippen molar-refractivity contribution in [1.82, 2.24) is 0 Å². The third kappa shape index (κ3) is 9.34. The van der Waals surface area contributed by atoms with Crippen LogP contribution in [0.15, 0.2) is 243 Å². The molecule has 0 fully saturated rings. The fraction of sp³-hybridized carbons (Fsp3) is 0.182. The van der Waals surface area contributed by atoms with Crippen molar-refractivity contribution in [2.45, 2.75) is 52.4 Å². The van der Waals surface area contributed by atoms with Gasteiger partial charge in [-0.2, -0.15) is 0 Å². The molecule has 0 heterocycles. The van der Waals surface area contributed by atoms with Gasteiger partial charge >= 0.3 is 0 Å². The van der Waals surface area contributed by atoms with Gasteiger partial charge in [-0.25, -0.2) is 0 Å². The fourth-order valence-corrected chi connectivity index (χ4v) is 10.4. The number of para-hydroxylation sites is 4. The van der Waals surface area contributed by atoms with Crippen LogP contribution in [0.25, 0.3) is 0 Å². The van der Waals surface area contributed by atoms with E-state index < -0.39 is 10.8 Å². The lowest BCUT2D eigenvalue weighted by molar-refractivity contribution is 0.676. The maximum absolute atomic E-state index is 2.41. The summed E-state index contributed by atoms with van der Waals surface area (Å²) in [6.45, 7) is 17.6. The predicted molar refractivity (Wildman–Crippen MR) is 300 cm³/mol. The summed E-state index contributed by atoms with van der Waals surface area (Å²) in [6, 6.07) is 89.1. The highest BCUT2D eigenvalue weighted by Crippen LogP contribution is 2.45. The minimum atomic E-state index is -0.467. The molecule has 4 heteroatoms. The van der Waals surface area contributed by atoms with E-state index in [1.165, 1.54) is 44.8 Å². The molecule has 0 saturated carbocycles. The molecule has 0 aliphatic heterocycles. The predicted octanol–water partition coefficient (Wildman–Crippen LogP) is 17.0. The second kappa shape index (κ2) is 21.2. The zero-order valence-corrected chi connectivity index (χ0v) is 41.7. The van der Waals surface area contributed by atoms with Gasteiger partial charge in [0, 0.05) is 82.5 Å². The highest BCUT2D eigenvalue weighted by Gasteiger charge is 2.35. The lowest BCUT2D eigenvalue weighted by Gasteiger charge is -2.36. The van der Waals surface area contributed by atoms with Crippen LogP contribution in [-0.4, -0.2) is 26.2 Å². The molecule has 9 rings (SSSR count). The summed E-state index contributed by atoms with van der Waals surface area (Å²) in [5.41, 5.74) is 15.7.